The van der Waals surface area contributed by atoms with Gasteiger partial charge in [0.15, 0.2) is 0 Å². The number of benzene rings is 1. The fourth-order valence-corrected chi connectivity index (χ4v) is 1.82. The molecule has 0 spiro atoms. The summed E-state index contributed by atoms with van der Waals surface area (Å²) in [5.41, 5.74) is 0.509. The predicted molar refractivity (Wildman–Crippen MR) is 65.2 cm³/mol. The van der Waals surface area contributed by atoms with Crippen molar-refractivity contribution in [3.63, 3.8) is 0 Å². The van der Waals surface area contributed by atoms with Gasteiger partial charge in [-0.25, -0.2) is 0 Å². The van der Waals surface area contributed by atoms with Crippen LogP contribution in [0.5, 0.6) is 5.75 Å². The Hall–Kier alpha value is -2.02. The van der Waals surface area contributed by atoms with Crippen molar-refractivity contribution in [3.8, 4) is 5.75 Å². The molecule has 0 fully saturated rings. The first-order chi connectivity index (χ1) is 9.44. The summed E-state index contributed by atoms with van der Waals surface area (Å²) >= 11 is 0. The zero-order valence-corrected chi connectivity index (χ0v) is 10.7. The summed E-state index contributed by atoms with van der Waals surface area (Å²) in [7, 11) is 1.47. The molecule has 0 aliphatic heterocycles. The summed E-state index contributed by atoms with van der Waals surface area (Å²) in [6.45, 7) is -0.0169. The van der Waals surface area contributed by atoms with Crippen molar-refractivity contribution in [3.05, 3.63) is 47.3 Å². The Morgan fingerprint density at radius 3 is 2.65 bits per heavy atom. The number of alkyl halides is 3. The molecule has 0 atom stereocenters. The number of rotatable bonds is 4. The minimum absolute atomic E-state index is 0.132. The standard InChI is InChI=1S/C13H13F3N2O2/c1-20-12-3-2-9(8-19)4-10(12)6-18-7-11(5-17-18)13(14,15)16/h2-5,7,19H,6,8H2,1H3. The molecular weight excluding hydrogens is 273 g/mol. The third-order valence-electron chi connectivity index (χ3n) is 2.82. The van der Waals surface area contributed by atoms with Gasteiger partial charge in [0.25, 0.3) is 0 Å². The van der Waals surface area contributed by atoms with Crippen molar-refractivity contribution in [2.75, 3.05) is 7.11 Å². The van der Waals surface area contributed by atoms with E-state index in [1.54, 1.807) is 18.2 Å². The van der Waals surface area contributed by atoms with Crippen LogP contribution in [-0.4, -0.2) is 22.0 Å². The zero-order chi connectivity index (χ0) is 14.8. The smallest absolute Gasteiger partial charge is 0.419 e. The number of aliphatic hydroxyl groups excluding tert-OH is 1. The third kappa shape index (κ3) is 3.11. The lowest BCUT2D eigenvalue weighted by Crippen LogP contribution is -2.05. The van der Waals surface area contributed by atoms with Gasteiger partial charge in [-0.15, -0.1) is 0 Å². The highest BCUT2D eigenvalue weighted by Gasteiger charge is 2.32. The monoisotopic (exact) mass is 286 g/mol. The van der Waals surface area contributed by atoms with Crippen molar-refractivity contribution >= 4 is 0 Å². The van der Waals surface area contributed by atoms with Crippen LogP contribution in [0, 0.1) is 0 Å². The summed E-state index contributed by atoms with van der Waals surface area (Å²) in [4.78, 5) is 0. The minimum Gasteiger partial charge on any atom is -0.496 e. The van der Waals surface area contributed by atoms with Crippen LogP contribution in [0.2, 0.25) is 0 Å². The molecule has 0 aliphatic carbocycles. The van der Waals surface area contributed by atoms with E-state index in [1.165, 1.54) is 11.8 Å². The third-order valence-corrected chi connectivity index (χ3v) is 2.82. The maximum Gasteiger partial charge on any atom is 0.419 e. The Morgan fingerprint density at radius 2 is 2.10 bits per heavy atom. The Balaban J connectivity index is 2.27. The Kier molecular flexibility index (Phi) is 3.99. The highest BCUT2D eigenvalue weighted by Crippen LogP contribution is 2.29. The van der Waals surface area contributed by atoms with Crippen molar-refractivity contribution in [1.29, 1.82) is 0 Å². The van der Waals surface area contributed by atoms with Crippen molar-refractivity contribution in [1.82, 2.24) is 9.78 Å². The molecule has 1 heterocycles. The number of halogens is 3. The van der Waals surface area contributed by atoms with Crippen LogP contribution < -0.4 is 4.74 Å². The van der Waals surface area contributed by atoms with E-state index in [0.717, 1.165) is 12.4 Å². The average Bonchev–Trinajstić information content (AvgIpc) is 2.87. The lowest BCUT2D eigenvalue weighted by molar-refractivity contribution is -0.137. The Labute approximate surface area is 113 Å². The van der Waals surface area contributed by atoms with Gasteiger partial charge in [-0.1, -0.05) is 6.07 Å². The number of methoxy groups -OCH3 is 1. The van der Waals surface area contributed by atoms with Gasteiger partial charge in [0, 0.05) is 11.8 Å². The Bertz CT molecular complexity index is 594. The van der Waals surface area contributed by atoms with Crippen molar-refractivity contribution in [2.45, 2.75) is 19.3 Å². The average molecular weight is 286 g/mol. The number of nitrogens with zero attached hydrogens (tertiary/aromatic N) is 2. The van der Waals surface area contributed by atoms with E-state index in [-0.39, 0.29) is 13.2 Å². The Morgan fingerprint density at radius 1 is 1.35 bits per heavy atom. The van der Waals surface area contributed by atoms with E-state index in [0.29, 0.717) is 16.9 Å². The number of hydrogen-bond donors (Lipinski definition) is 1. The first kappa shape index (κ1) is 14.4. The fraction of sp³-hybridized carbons (Fsp3) is 0.308. The van der Waals surface area contributed by atoms with Gasteiger partial charge >= 0.3 is 6.18 Å². The van der Waals surface area contributed by atoms with E-state index in [1.807, 2.05) is 0 Å². The van der Waals surface area contributed by atoms with E-state index < -0.39 is 11.7 Å². The molecule has 2 rings (SSSR count). The molecule has 0 aliphatic rings. The second-order valence-corrected chi connectivity index (χ2v) is 4.23. The minimum atomic E-state index is -4.41. The quantitative estimate of drug-likeness (QED) is 0.939. The molecule has 7 heteroatoms. The van der Waals surface area contributed by atoms with E-state index in [9.17, 15) is 13.2 Å². The van der Waals surface area contributed by atoms with Gasteiger partial charge in [0.1, 0.15) is 5.75 Å². The molecule has 4 nitrogen and oxygen atoms in total. The molecule has 108 valence electrons. The normalized spacial score (nSPS) is 11.7. The van der Waals surface area contributed by atoms with Gasteiger partial charge in [0.2, 0.25) is 0 Å². The lowest BCUT2D eigenvalue weighted by atomic mass is 10.1. The molecule has 1 aromatic heterocycles. The maximum absolute atomic E-state index is 12.5. The number of hydrogen-bond acceptors (Lipinski definition) is 3. The topological polar surface area (TPSA) is 47.3 Å². The molecule has 1 N–H and O–H groups in total. The SMILES string of the molecule is COc1ccc(CO)cc1Cn1cc(C(F)(F)F)cn1. The second kappa shape index (κ2) is 5.54. The summed E-state index contributed by atoms with van der Waals surface area (Å²) in [6, 6.07) is 5.02. The van der Waals surface area contributed by atoms with Crippen LogP contribution in [-0.2, 0) is 19.3 Å². The molecule has 0 unspecified atom stereocenters. The zero-order valence-electron chi connectivity index (χ0n) is 10.7. The van der Waals surface area contributed by atoms with Crippen LogP contribution in [0.25, 0.3) is 0 Å². The molecule has 1 aromatic carbocycles. The van der Waals surface area contributed by atoms with Gasteiger partial charge in [0.05, 0.1) is 32.0 Å². The predicted octanol–water partition coefficient (Wildman–Crippen LogP) is 2.45. The van der Waals surface area contributed by atoms with Crippen LogP contribution in [0.1, 0.15) is 16.7 Å². The van der Waals surface area contributed by atoms with Crippen LogP contribution >= 0.6 is 0 Å². The molecule has 20 heavy (non-hydrogen) atoms. The summed E-state index contributed by atoms with van der Waals surface area (Å²) in [5, 5.41) is 12.8. The molecule has 0 amide bonds. The van der Waals surface area contributed by atoms with Gasteiger partial charge < -0.3 is 9.84 Å². The van der Waals surface area contributed by atoms with E-state index in [2.05, 4.69) is 5.10 Å². The molecule has 0 bridgehead atoms. The number of ether oxygens (including phenoxy) is 1. The van der Waals surface area contributed by atoms with Crippen molar-refractivity contribution < 1.29 is 23.0 Å². The summed E-state index contributed by atoms with van der Waals surface area (Å²) in [5.74, 6) is 0.534. The molecule has 0 saturated heterocycles. The van der Waals surface area contributed by atoms with Gasteiger partial charge in [-0.3, -0.25) is 4.68 Å². The largest absolute Gasteiger partial charge is 0.496 e. The van der Waals surface area contributed by atoms with E-state index in [4.69, 9.17) is 9.84 Å². The highest BCUT2D eigenvalue weighted by atomic mass is 19.4. The second-order valence-electron chi connectivity index (χ2n) is 4.23. The molecule has 0 saturated carbocycles. The highest BCUT2D eigenvalue weighted by molar-refractivity contribution is 5.37. The van der Waals surface area contributed by atoms with Gasteiger partial charge in [-0.2, -0.15) is 18.3 Å². The van der Waals surface area contributed by atoms with Crippen LogP contribution in [0.3, 0.4) is 0 Å². The summed E-state index contributed by atoms with van der Waals surface area (Å²) in [6.07, 6.45) is -2.69. The number of aromatic nitrogens is 2. The molecule has 2 aromatic rings. The maximum atomic E-state index is 12.5. The van der Waals surface area contributed by atoms with Crippen LogP contribution in [0.15, 0.2) is 30.6 Å². The van der Waals surface area contributed by atoms with Crippen LogP contribution in [0.4, 0.5) is 13.2 Å². The van der Waals surface area contributed by atoms with Crippen molar-refractivity contribution in [2.24, 2.45) is 0 Å². The first-order valence-corrected chi connectivity index (χ1v) is 5.80. The lowest BCUT2D eigenvalue weighted by Gasteiger charge is -2.10. The summed E-state index contributed by atoms with van der Waals surface area (Å²) < 4.78 is 43.8. The molecular formula is C13H13F3N2O2. The van der Waals surface area contributed by atoms with Gasteiger partial charge in [-0.05, 0) is 17.7 Å². The van der Waals surface area contributed by atoms with E-state index >= 15 is 0 Å². The number of aliphatic hydroxyl groups is 1. The first-order valence-electron chi connectivity index (χ1n) is 5.80. The molecule has 0 radical (unpaired) electrons. The fourth-order valence-electron chi connectivity index (χ4n) is 1.82.